The van der Waals surface area contributed by atoms with Crippen LogP contribution >= 0.6 is 11.6 Å². The molecular weight excluding hydrogens is 772 g/mol. The first-order chi connectivity index (χ1) is 28.0. The summed E-state index contributed by atoms with van der Waals surface area (Å²) in [6.07, 6.45) is 1.49. The third kappa shape index (κ3) is 12.0. The summed E-state index contributed by atoms with van der Waals surface area (Å²) >= 11 is 5.68. The number of halogens is 1. The van der Waals surface area contributed by atoms with Gasteiger partial charge in [0.05, 0.1) is 39.6 Å². The lowest BCUT2D eigenvalue weighted by Gasteiger charge is -2.27. The monoisotopic (exact) mass is 842 g/mol. The highest BCUT2D eigenvalue weighted by molar-refractivity contribution is 6.17. The van der Waals surface area contributed by atoms with Gasteiger partial charge in [0.15, 0.2) is 0 Å². The molecule has 5 rings (SSSR count). The number of ether oxygens (including phenoxy) is 4. The van der Waals surface area contributed by atoms with Crippen LogP contribution in [0.15, 0.2) is 48.5 Å². The normalized spacial score (nSPS) is 13.8. The van der Waals surface area contributed by atoms with Crippen LogP contribution in [0.25, 0.3) is 0 Å². The first kappa shape index (κ1) is 47.3. The van der Waals surface area contributed by atoms with Crippen molar-refractivity contribution in [2.24, 2.45) is 0 Å². The Morgan fingerprint density at radius 2 is 0.617 bits per heavy atom. The van der Waals surface area contributed by atoms with E-state index in [1.165, 1.54) is 0 Å². The molecule has 1 aliphatic rings. The standard InChI is InChI=1S/C52H71ClO7/c1-49(2,3)41-25-33-21-35-27-42(50(4,5)6)29-37(46(35)55)23-39-31-44(52(10,11)12)32-40(48(39)60-20-19-59-18-17-58-16-15-57-14-13-53)24-38-30-43(51(7,8)9)28-36(47(38)56)22-34(26-41)45(33)54/h25-32,54-56H,13-24H2,1-12H3. The van der Waals surface area contributed by atoms with E-state index in [0.717, 1.165) is 72.5 Å². The molecule has 0 aromatic heterocycles. The Kier molecular flexibility index (Phi) is 15.1. The number of rotatable bonds is 12. The van der Waals surface area contributed by atoms with Gasteiger partial charge in [0.1, 0.15) is 29.6 Å². The van der Waals surface area contributed by atoms with Crippen molar-refractivity contribution in [2.45, 2.75) is 130 Å². The van der Waals surface area contributed by atoms with Gasteiger partial charge in [0, 0.05) is 31.6 Å². The Bertz CT molecular complexity index is 1990. The van der Waals surface area contributed by atoms with Crippen molar-refractivity contribution in [2.75, 3.05) is 52.1 Å². The van der Waals surface area contributed by atoms with Crippen LogP contribution in [0.2, 0.25) is 0 Å². The molecule has 0 atom stereocenters. The van der Waals surface area contributed by atoms with E-state index in [-0.39, 0.29) is 38.9 Å². The maximum absolute atomic E-state index is 12.3. The average Bonchev–Trinajstić information content (AvgIpc) is 3.13. The van der Waals surface area contributed by atoms with E-state index < -0.39 is 0 Å². The van der Waals surface area contributed by atoms with Gasteiger partial charge in [0.2, 0.25) is 0 Å². The lowest BCUT2D eigenvalue weighted by atomic mass is 9.79. The smallest absolute Gasteiger partial charge is 0.126 e. The summed E-state index contributed by atoms with van der Waals surface area (Å²) < 4.78 is 23.7. The van der Waals surface area contributed by atoms with Crippen molar-refractivity contribution >= 4 is 11.6 Å². The van der Waals surface area contributed by atoms with Crippen LogP contribution in [0.3, 0.4) is 0 Å². The van der Waals surface area contributed by atoms with Gasteiger partial charge < -0.3 is 34.3 Å². The van der Waals surface area contributed by atoms with Crippen LogP contribution in [0.4, 0.5) is 0 Å². The molecule has 8 heteroatoms. The molecule has 60 heavy (non-hydrogen) atoms. The molecule has 0 fully saturated rings. The number of hydrogen-bond acceptors (Lipinski definition) is 7. The Labute approximate surface area is 365 Å². The number of alkyl halides is 1. The highest BCUT2D eigenvalue weighted by atomic mass is 35.5. The first-order valence-electron chi connectivity index (χ1n) is 21.6. The van der Waals surface area contributed by atoms with Crippen LogP contribution in [0.1, 0.15) is 150 Å². The SMILES string of the molecule is CC(C)(C)c1cc2c(O)c(c1)Cc1cc(C(C)(C)C)cc(c1O)Cc1cc(C(C)(C)C)cc(c1OCCOCCOCCOCCCl)Cc1cc(C(C)(C)C)cc(c1O)C2. The maximum atomic E-state index is 12.3. The minimum atomic E-state index is -0.209. The summed E-state index contributed by atoms with van der Waals surface area (Å²) in [5.74, 6) is 1.83. The van der Waals surface area contributed by atoms with Gasteiger partial charge in [0.25, 0.3) is 0 Å². The van der Waals surface area contributed by atoms with Crippen LogP contribution in [-0.2, 0) is 61.6 Å². The fraction of sp³-hybridized carbons (Fsp3) is 0.538. The number of fused-ring (bicyclic) bond motifs is 8. The molecule has 4 aromatic rings. The minimum Gasteiger partial charge on any atom is -0.507 e. The van der Waals surface area contributed by atoms with E-state index in [9.17, 15) is 15.3 Å². The van der Waals surface area contributed by atoms with Gasteiger partial charge in [-0.05, 0) is 88.4 Å². The predicted molar refractivity (Wildman–Crippen MR) is 245 cm³/mol. The summed E-state index contributed by atoms with van der Waals surface area (Å²) in [4.78, 5) is 0. The largest absolute Gasteiger partial charge is 0.507 e. The summed E-state index contributed by atoms with van der Waals surface area (Å²) in [5, 5.41) is 36.6. The van der Waals surface area contributed by atoms with Gasteiger partial charge in [-0.1, -0.05) is 132 Å². The molecule has 0 amide bonds. The lowest BCUT2D eigenvalue weighted by Crippen LogP contribution is -2.17. The summed E-state index contributed by atoms with van der Waals surface area (Å²) in [6, 6.07) is 17.0. The fourth-order valence-corrected chi connectivity index (χ4v) is 7.75. The molecule has 0 saturated heterocycles. The van der Waals surface area contributed by atoms with Crippen LogP contribution < -0.4 is 4.74 Å². The molecule has 0 saturated carbocycles. The number of phenolic OH excluding ortho intramolecular Hbond substituents is 3. The third-order valence-corrected chi connectivity index (χ3v) is 11.6. The highest BCUT2D eigenvalue weighted by Crippen LogP contribution is 2.43. The van der Waals surface area contributed by atoms with Crippen molar-refractivity contribution < 1.29 is 34.3 Å². The molecule has 3 N–H and O–H groups in total. The Morgan fingerprint density at radius 3 is 0.883 bits per heavy atom. The molecule has 1 aliphatic carbocycles. The molecule has 8 bridgehead atoms. The van der Waals surface area contributed by atoms with Gasteiger partial charge in [-0.3, -0.25) is 0 Å². The van der Waals surface area contributed by atoms with Crippen molar-refractivity contribution in [1.29, 1.82) is 0 Å². The zero-order valence-corrected chi connectivity index (χ0v) is 39.2. The second-order valence-corrected chi connectivity index (χ2v) is 21.0. The van der Waals surface area contributed by atoms with Crippen LogP contribution in [0, 0.1) is 0 Å². The maximum Gasteiger partial charge on any atom is 0.126 e. The second-order valence-electron chi connectivity index (χ2n) is 20.6. The Hall–Kier alpha value is -3.75. The van der Waals surface area contributed by atoms with Gasteiger partial charge in [-0.15, -0.1) is 11.6 Å². The summed E-state index contributed by atoms with van der Waals surface area (Å²) in [6.45, 7) is 29.3. The van der Waals surface area contributed by atoms with Gasteiger partial charge in [-0.2, -0.15) is 0 Å². The lowest BCUT2D eigenvalue weighted by molar-refractivity contribution is 0.0116. The molecular formula is C52H71ClO7. The van der Waals surface area contributed by atoms with E-state index in [0.29, 0.717) is 77.8 Å². The highest BCUT2D eigenvalue weighted by Gasteiger charge is 2.28. The number of aromatic hydroxyl groups is 3. The van der Waals surface area contributed by atoms with Crippen LogP contribution in [-0.4, -0.2) is 67.4 Å². The number of hydrogen-bond donors (Lipinski definition) is 3. The topological polar surface area (TPSA) is 97.6 Å². The summed E-state index contributed by atoms with van der Waals surface area (Å²) in [5.41, 5.74) is 10.1. The summed E-state index contributed by atoms with van der Waals surface area (Å²) in [7, 11) is 0. The number of phenols is 3. The minimum absolute atomic E-state index is 0.195. The van der Waals surface area contributed by atoms with E-state index in [2.05, 4.69) is 132 Å². The molecule has 7 nitrogen and oxygen atoms in total. The van der Waals surface area contributed by atoms with Gasteiger partial charge in [-0.25, -0.2) is 0 Å². The molecule has 0 spiro atoms. The molecule has 0 unspecified atom stereocenters. The van der Waals surface area contributed by atoms with Crippen molar-refractivity contribution in [3.05, 3.63) is 115 Å². The molecule has 328 valence electrons. The second kappa shape index (κ2) is 19.1. The fourth-order valence-electron chi connectivity index (χ4n) is 7.64. The Balaban J connectivity index is 1.70. The zero-order valence-electron chi connectivity index (χ0n) is 38.5. The average molecular weight is 844 g/mol. The quantitative estimate of drug-likeness (QED) is 0.0850. The zero-order chi connectivity index (χ0) is 44.2. The molecule has 0 radical (unpaired) electrons. The van der Waals surface area contributed by atoms with Crippen LogP contribution in [0.5, 0.6) is 23.0 Å². The van der Waals surface area contributed by atoms with E-state index in [1.54, 1.807) is 0 Å². The molecule has 0 aliphatic heterocycles. The molecule has 4 aromatic carbocycles. The third-order valence-electron chi connectivity index (χ3n) is 11.5. The van der Waals surface area contributed by atoms with E-state index >= 15 is 0 Å². The van der Waals surface area contributed by atoms with Crippen molar-refractivity contribution in [3.63, 3.8) is 0 Å². The van der Waals surface area contributed by atoms with E-state index in [1.807, 2.05) is 0 Å². The van der Waals surface area contributed by atoms with Gasteiger partial charge >= 0.3 is 0 Å². The Morgan fingerprint density at radius 1 is 0.383 bits per heavy atom. The van der Waals surface area contributed by atoms with Crippen molar-refractivity contribution in [3.8, 4) is 23.0 Å². The number of benzene rings is 4. The van der Waals surface area contributed by atoms with E-state index in [4.69, 9.17) is 30.5 Å². The van der Waals surface area contributed by atoms with Crippen molar-refractivity contribution in [1.82, 2.24) is 0 Å². The first-order valence-corrected chi connectivity index (χ1v) is 22.1. The predicted octanol–water partition coefficient (Wildman–Crippen LogP) is 11.3. The molecule has 0 heterocycles.